The Bertz CT molecular complexity index is 1870. The van der Waals surface area contributed by atoms with E-state index in [4.69, 9.17) is 28.4 Å². The van der Waals surface area contributed by atoms with Crippen LogP contribution in [-0.2, 0) is 38.0 Å². The molecule has 0 saturated carbocycles. The lowest BCUT2D eigenvalue weighted by molar-refractivity contribution is -0.407. The summed E-state index contributed by atoms with van der Waals surface area (Å²) in [5, 5.41) is 101. The molecule has 0 radical (unpaired) electrons. The number of urea groups is 1. The molecule has 0 aromatic rings. The first-order valence-corrected chi connectivity index (χ1v) is 24.8. The molecule has 0 bridgehead atoms. The van der Waals surface area contributed by atoms with E-state index in [-0.39, 0.29) is 62.6 Å². The number of rotatable bonds is 18. The van der Waals surface area contributed by atoms with Crippen LogP contribution in [0, 0.1) is 10.8 Å². The van der Waals surface area contributed by atoms with Crippen LogP contribution in [0.2, 0.25) is 0 Å². The van der Waals surface area contributed by atoms with Crippen molar-refractivity contribution in [2.24, 2.45) is 10.8 Å². The molecule has 5 rings (SSSR count). The molecular formula is C47H83N3O17S. The maximum Gasteiger partial charge on any atom is 0.315 e. The zero-order valence-electron chi connectivity index (χ0n) is 42.6. The van der Waals surface area contributed by atoms with Gasteiger partial charge in [-0.05, 0) is 88.5 Å². The zero-order chi connectivity index (χ0) is 51.8. The minimum absolute atomic E-state index is 0.0197. The molecule has 0 aromatic heterocycles. The van der Waals surface area contributed by atoms with E-state index in [0.717, 1.165) is 12.2 Å². The molecule has 0 spiro atoms. The SMILES string of the molecule is CC(=O)NC1[C@@](C)(COC[C@]2(C)C(C)(C)O[C@](C)(OC(=O)CCCCC3SC[C@@H]4NC(=O)N[C@H]34)C(O)[C@@]2(C)O)OC(C)(CO)[C@@H](O)[C@@]1(C)CCOC[C@]1(C)OC(C)(CO)[C@](C)(O)[C@@](C)(O)C1(C)O. The number of amides is 3. The predicted molar refractivity (Wildman–Crippen MR) is 248 cm³/mol. The molecule has 0 aromatic carbocycles. The molecule has 20 nitrogen and oxygen atoms in total. The number of aliphatic hydroxyl groups is 8. The third-order valence-corrected chi connectivity index (χ3v) is 19.1. The van der Waals surface area contributed by atoms with Crippen molar-refractivity contribution in [3.8, 4) is 0 Å². The highest BCUT2D eigenvalue weighted by molar-refractivity contribution is 8.00. The molecule has 5 fully saturated rings. The molecule has 11 N–H and O–H groups in total. The second-order valence-electron chi connectivity index (χ2n) is 23.0. The fraction of sp³-hybridized carbons (Fsp3) is 0.936. The summed E-state index contributed by atoms with van der Waals surface area (Å²) in [4.78, 5) is 38.0. The lowest BCUT2D eigenvalue weighted by atomic mass is 9.58. The van der Waals surface area contributed by atoms with E-state index in [9.17, 15) is 55.2 Å². The molecular weight excluding hydrogens is 911 g/mol. The Hall–Kier alpha value is -1.96. The Labute approximate surface area is 405 Å². The largest absolute Gasteiger partial charge is 0.430 e. The molecule has 17 atom stereocenters. The van der Waals surface area contributed by atoms with Gasteiger partial charge in [0, 0.05) is 43.3 Å². The van der Waals surface area contributed by atoms with Gasteiger partial charge in [0.05, 0.1) is 68.3 Å². The molecule has 68 heavy (non-hydrogen) atoms. The van der Waals surface area contributed by atoms with Crippen molar-refractivity contribution in [2.75, 3.05) is 45.4 Å². The second-order valence-corrected chi connectivity index (χ2v) is 24.3. The van der Waals surface area contributed by atoms with E-state index in [1.165, 1.54) is 62.3 Å². The van der Waals surface area contributed by atoms with Gasteiger partial charge in [-0.15, -0.1) is 0 Å². The van der Waals surface area contributed by atoms with Gasteiger partial charge in [-0.25, -0.2) is 4.79 Å². The summed E-state index contributed by atoms with van der Waals surface area (Å²) in [6.45, 7) is 18.4. The van der Waals surface area contributed by atoms with Crippen LogP contribution in [0.25, 0.3) is 0 Å². The molecule has 5 aliphatic heterocycles. The van der Waals surface area contributed by atoms with Crippen LogP contribution in [0.5, 0.6) is 0 Å². The Morgan fingerprint density at radius 2 is 1.37 bits per heavy atom. The molecule has 21 heteroatoms. The molecule has 6 unspecified atom stereocenters. The number of hydrogen-bond acceptors (Lipinski definition) is 18. The van der Waals surface area contributed by atoms with E-state index >= 15 is 0 Å². The first-order chi connectivity index (χ1) is 30.9. The van der Waals surface area contributed by atoms with Gasteiger partial charge in [-0.1, -0.05) is 20.3 Å². The molecule has 0 aliphatic carbocycles. The summed E-state index contributed by atoms with van der Waals surface area (Å²) in [5.74, 6) is -2.21. The van der Waals surface area contributed by atoms with Crippen molar-refractivity contribution in [1.82, 2.24) is 16.0 Å². The van der Waals surface area contributed by atoms with E-state index in [2.05, 4.69) is 16.0 Å². The number of hydrogen-bond donors (Lipinski definition) is 11. The van der Waals surface area contributed by atoms with Crippen LogP contribution in [0.15, 0.2) is 0 Å². The van der Waals surface area contributed by atoms with Crippen molar-refractivity contribution in [2.45, 2.75) is 221 Å². The van der Waals surface area contributed by atoms with Crippen LogP contribution < -0.4 is 16.0 Å². The number of thioether (sulfide) groups is 1. The lowest BCUT2D eigenvalue weighted by Crippen LogP contribution is -2.85. The van der Waals surface area contributed by atoms with Gasteiger partial charge >= 0.3 is 12.0 Å². The highest BCUT2D eigenvalue weighted by Gasteiger charge is 2.74. The Kier molecular flexibility index (Phi) is 15.8. The van der Waals surface area contributed by atoms with Crippen molar-refractivity contribution in [3.05, 3.63) is 0 Å². The number of fused-ring (bicyclic) bond motifs is 1. The number of aliphatic hydroxyl groups excluding tert-OH is 4. The van der Waals surface area contributed by atoms with E-state index in [0.29, 0.717) is 12.8 Å². The van der Waals surface area contributed by atoms with Crippen molar-refractivity contribution < 1.29 is 83.7 Å². The van der Waals surface area contributed by atoms with Gasteiger partial charge in [-0.3, -0.25) is 9.59 Å². The van der Waals surface area contributed by atoms with Gasteiger partial charge in [0.25, 0.3) is 0 Å². The number of carbonyl (C=O) groups excluding carboxylic acids is 3. The van der Waals surface area contributed by atoms with Crippen LogP contribution in [-0.4, -0.2) is 196 Å². The highest BCUT2D eigenvalue weighted by Crippen LogP contribution is 2.56. The summed E-state index contributed by atoms with van der Waals surface area (Å²) in [6.07, 6.45) is -1.10. The van der Waals surface area contributed by atoms with Crippen molar-refractivity contribution >= 4 is 29.7 Å². The number of esters is 1. The average Bonchev–Trinajstić information content (AvgIpc) is 3.79. The first kappa shape index (κ1) is 56.9. The Morgan fingerprint density at radius 1 is 0.750 bits per heavy atom. The number of nitrogens with one attached hydrogen (secondary N) is 3. The zero-order valence-corrected chi connectivity index (χ0v) is 43.4. The second kappa shape index (κ2) is 18.8. The van der Waals surface area contributed by atoms with Crippen LogP contribution in [0.4, 0.5) is 4.79 Å². The summed E-state index contributed by atoms with van der Waals surface area (Å²) in [7, 11) is 0. The van der Waals surface area contributed by atoms with E-state index in [1.807, 2.05) is 0 Å². The molecule has 5 aliphatic rings. The summed E-state index contributed by atoms with van der Waals surface area (Å²) >= 11 is 1.79. The Balaban J connectivity index is 1.28. The van der Waals surface area contributed by atoms with Crippen molar-refractivity contribution in [1.29, 1.82) is 0 Å². The fourth-order valence-corrected chi connectivity index (χ4v) is 13.4. The predicted octanol–water partition coefficient (Wildman–Crippen LogP) is 0.527. The lowest BCUT2D eigenvalue weighted by Gasteiger charge is -2.65. The van der Waals surface area contributed by atoms with Gasteiger partial charge in [0.15, 0.2) is 0 Å². The molecule has 3 amide bonds. The maximum absolute atomic E-state index is 13.3. The minimum Gasteiger partial charge on any atom is -0.430 e. The van der Waals surface area contributed by atoms with E-state index < -0.39 is 110 Å². The number of unbranched alkanes of at least 4 members (excludes halogenated alkanes) is 1. The third-order valence-electron chi connectivity index (χ3n) is 17.6. The standard InChI is InChI=1S/C47H83N3O17S/c1-27(53)48-32-37(4,19-20-62-26-42(9)46(13,60)47(14,61)45(12,59)41(8,23-52)67-42)33(55)38(5,22-51)66-39(32,6)24-63-25-40(7)36(2,3)65-44(11,34(56)43(40,10)58)64-30(54)18-16-15-17-29-31-28(21-68-29)49-35(57)50-31/h28-29,31-34,51-52,55-56,58-61H,15-26H2,1-14H3,(H,48,53)(H2,49,50,57)/t28-,29?,31-,32?,33-,34?,37-,38?,39+,40+,41?,42-,43+,44-,45-,46?,47+/m0/s1. The minimum atomic E-state index is -2.21. The number of ether oxygens (including phenoxy) is 6. The van der Waals surface area contributed by atoms with Gasteiger partial charge < -0.3 is 85.2 Å². The first-order valence-electron chi connectivity index (χ1n) is 23.8. The summed E-state index contributed by atoms with van der Waals surface area (Å²) in [5.41, 5.74) is -19.0. The summed E-state index contributed by atoms with van der Waals surface area (Å²) < 4.78 is 37.6. The molecule has 5 saturated heterocycles. The van der Waals surface area contributed by atoms with Crippen molar-refractivity contribution in [3.63, 3.8) is 0 Å². The monoisotopic (exact) mass is 994 g/mol. The number of carbonyl (C=O) groups is 3. The maximum atomic E-state index is 13.3. The third kappa shape index (κ3) is 9.23. The quantitative estimate of drug-likeness (QED) is 0.0507. The van der Waals surface area contributed by atoms with Gasteiger partial charge in [0.1, 0.15) is 50.9 Å². The average molecular weight is 994 g/mol. The van der Waals surface area contributed by atoms with Crippen LogP contribution >= 0.6 is 11.8 Å². The Morgan fingerprint density at radius 3 is 1.96 bits per heavy atom. The molecule has 394 valence electrons. The van der Waals surface area contributed by atoms with Gasteiger partial charge in [-0.2, -0.15) is 11.8 Å². The van der Waals surface area contributed by atoms with E-state index in [1.54, 1.807) is 46.4 Å². The van der Waals surface area contributed by atoms with Crippen LogP contribution in [0.3, 0.4) is 0 Å². The van der Waals surface area contributed by atoms with Gasteiger partial charge in [0.2, 0.25) is 11.7 Å². The topological polar surface area (TPSA) is 305 Å². The van der Waals surface area contributed by atoms with Crippen LogP contribution in [0.1, 0.15) is 129 Å². The smallest absolute Gasteiger partial charge is 0.315 e. The highest BCUT2D eigenvalue weighted by atomic mass is 32.2. The normalized spacial score (nSPS) is 48.9. The molecule has 5 heterocycles. The fourth-order valence-electron chi connectivity index (χ4n) is 11.8. The summed E-state index contributed by atoms with van der Waals surface area (Å²) in [6, 6.07) is -1.03.